The van der Waals surface area contributed by atoms with Gasteiger partial charge >= 0.3 is 0 Å². The van der Waals surface area contributed by atoms with Crippen molar-refractivity contribution in [3.05, 3.63) is 29.6 Å². The molecule has 5 aliphatic rings. The molecular weight excluding hydrogens is 433 g/mol. The van der Waals surface area contributed by atoms with E-state index in [9.17, 15) is 22.7 Å². The molecule has 3 N–H and O–H groups in total. The third kappa shape index (κ3) is 3.19. The second-order valence-corrected chi connectivity index (χ2v) is 11.3. The van der Waals surface area contributed by atoms with Crippen molar-refractivity contribution in [2.75, 3.05) is 4.31 Å². The van der Waals surface area contributed by atoms with Gasteiger partial charge in [-0.05, 0) is 93.7 Å². The van der Waals surface area contributed by atoms with E-state index < -0.39 is 28.0 Å². The van der Waals surface area contributed by atoms with Crippen LogP contribution in [0.2, 0.25) is 0 Å². The Kier molecular flexibility index (Phi) is 5.13. The van der Waals surface area contributed by atoms with Crippen LogP contribution in [0, 0.1) is 35.9 Å². The number of benzene rings is 1. The molecule has 32 heavy (non-hydrogen) atoms. The summed E-state index contributed by atoms with van der Waals surface area (Å²) < 4.78 is 40.2. The number of aryl methyl sites for hydroxylation is 1. The fourth-order valence-electron chi connectivity index (χ4n) is 7.11. The average molecular weight is 463 g/mol. The maximum absolute atomic E-state index is 14.7. The van der Waals surface area contributed by atoms with Crippen molar-refractivity contribution in [1.82, 2.24) is 5.32 Å². The Labute approximate surface area is 189 Å². The lowest BCUT2D eigenvalue weighted by molar-refractivity contribution is -0.148. The summed E-state index contributed by atoms with van der Waals surface area (Å²) in [5.41, 5.74) is 4.60. The lowest BCUT2D eigenvalue weighted by Gasteiger charge is -2.59. The van der Waals surface area contributed by atoms with Gasteiger partial charge < -0.3 is 15.6 Å². The molecule has 5 aliphatic carbocycles. The molecule has 1 aromatic carbocycles. The van der Waals surface area contributed by atoms with Gasteiger partial charge in [-0.2, -0.15) is 0 Å². The molecule has 6 rings (SSSR count). The van der Waals surface area contributed by atoms with E-state index in [1.807, 2.05) is 0 Å². The fourth-order valence-corrected chi connectivity index (χ4v) is 7.96. The van der Waals surface area contributed by atoms with E-state index in [-0.39, 0.29) is 35.4 Å². The summed E-state index contributed by atoms with van der Waals surface area (Å²) in [6, 6.07) is 4.17. The van der Waals surface area contributed by atoms with Crippen molar-refractivity contribution < 1.29 is 22.7 Å². The Morgan fingerprint density at radius 3 is 2.41 bits per heavy atom. The predicted octanol–water partition coefficient (Wildman–Crippen LogP) is 2.45. The molecule has 0 radical (unpaired) electrons. The van der Waals surface area contributed by atoms with Gasteiger partial charge in [-0.3, -0.25) is 18.1 Å². The van der Waals surface area contributed by atoms with Gasteiger partial charge in [0, 0.05) is 22.7 Å². The van der Waals surface area contributed by atoms with Crippen LogP contribution in [0.3, 0.4) is 0 Å². The first-order valence-electron chi connectivity index (χ1n) is 11.4. The molecule has 4 bridgehead atoms. The van der Waals surface area contributed by atoms with Crippen molar-refractivity contribution in [3.8, 4) is 0 Å². The van der Waals surface area contributed by atoms with Crippen molar-refractivity contribution >= 4 is 28.8 Å². The number of carbonyl (C=O) groups excluding carboxylic acids is 2. The summed E-state index contributed by atoms with van der Waals surface area (Å²) in [6.45, 7) is 1.76. The van der Waals surface area contributed by atoms with E-state index in [0.717, 1.165) is 23.6 Å². The van der Waals surface area contributed by atoms with Crippen LogP contribution in [0.4, 0.5) is 10.1 Å². The summed E-state index contributed by atoms with van der Waals surface area (Å²) >= 11 is -2.81. The minimum Gasteiger partial charge on any atom is -0.755 e. The van der Waals surface area contributed by atoms with Crippen LogP contribution >= 0.6 is 0 Å². The maximum atomic E-state index is 14.7. The van der Waals surface area contributed by atoms with Gasteiger partial charge in [-0.1, -0.05) is 6.07 Å². The number of nitrogens with zero attached hydrogens (tertiary/aromatic N) is 1. The highest BCUT2D eigenvalue weighted by atomic mass is 32.2. The number of nitrogens with one attached hydrogen (secondary N) is 1. The van der Waals surface area contributed by atoms with Gasteiger partial charge in [0.1, 0.15) is 11.4 Å². The number of anilines is 1. The predicted molar refractivity (Wildman–Crippen MR) is 116 cm³/mol. The van der Waals surface area contributed by atoms with Gasteiger partial charge in [0.25, 0.3) is 0 Å². The second kappa shape index (κ2) is 7.52. The Hall–Kier alpha value is -2.00. The zero-order valence-electron chi connectivity index (χ0n) is 18.1. The monoisotopic (exact) mass is 462 g/mol. The largest absolute Gasteiger partial charge is 0.755 e. The van der Waals surface area contributed by atoms with Crippen molar-refractivity contribution in [2.45, 2.75) is 69.9 Å². The molecule has 1 aromatic rings. The van der Waals surface area contributed by atoms with Crippen LogP contribution in [-0.2, 0) is 20.9 Å². The Bertz CT molecular complexity index is 981. The Morgan fingerprint density at radius 2 is 1.88 bits per heavy atom. The molecule has 0 aliphatic heterocycles. The van der Waals surface area contributed by atoms with Crippen molar-refractivity contribution in [1.29, 1.82) is 0 Å². The zero-order valence-corrected chi connectivity index (χ0v) is 19.0. The van der Waals surface area contributed by atoms with Crippen LogP contribution in [0.15, 0.2) is 18.2 Å². The fraction of sp³-hybridized carbons (Fsp3) is 0.652. The number of carbonyl (C=O) groups is 2. The van der Waals surface area contributed by atoms with E-state index in [1.165, 1.54) is 12.1 Å². The molecule has 0 saturated heterocycles. The summed E-state index contributed by atoms with van der Waals surface area (Å²) in [5, 5.41) is 3.17. The maximum Gasteiger partial charge on any atom is 0.247 e. The summed E-state index contributed by atoms with van der Waals surface area (Å²) in [5.74, 6) is -0.484. The number of primary amides is 1. The molecule has 3 unspecified atom stereocenters. The quantitative estimate of drug-likeness (QED) is 0.632. The summed E-state index contributed by atoms with van der Waals surface area (Å²) in [7, 11) is 0. The molecule has 5 fully saturated rings. The van der Waals surface area contributed by atoms with Gasteiger partial charge in [0.15, 0.2) is 0 Å². The highest BCUT2D eigenvalue weighted by molar-refractivity contribution is 7.80. The number of halogens is 1. The molecule has 3 atom stereocenters. The highest BCUT2D eigenvalue weighted by Gasteiger charge is 2.59. The minimum atomic E-state index is -2.81. The molecule has 0 heterocycles. The van der Waals surface area contributed by atoms with Crippen molar-refractivity contribution in [2.24, 2.45) is 28.9 Å². The molecule has 0 aromatic heterocycles. The standard InChI is InChI=1S/C23H30FN3O4S/c1-13-3-4-17(24)18(7-13)27(32(30)31)23(5-2-6-23)21(29)26-19-15-8-14-9-16(19)12-22(10-14,11-15)20(25)28/h3-4,7,14-16,19H,2,5-6,8-12H2,1H3,(H2,25,28)(H,26,29)(H,30,31)/p-1. The lowest BCUT2D eigenvalue weighted by atomic mass is 9.47. The number of amides is 2. The molecule has 7 nitrogen and oxygen atoms in total. The highest BCUT2D eigenvalue weighted by Crippen LogP contribution is 2.60. The molecule has 0 spiro atoms. The van der Waals surface area contributed by atoms with Crippen LogP contribution < -0.4 is 15.4 Å². The van der Waals surface area contributed by atoms with E-state index in [0.29, 0.717) is 43.6 Å². The number of nitrogens with two attached hydrogens (primary N) is 1. The second-order valence-electron chi connectivity index (χ2n) is 10.5. The summed E-state index contributed by atoms with van der Waals surface area (Å²) in [4.78, 5) is 25.8. The minimum absolute atomic E-state index is 0.0917. The third-order valence-electron chi connectivity index (χ3n) is 8.56. The van der Waals surface area contributed by atoms with E-state index in [2.05, 4.69) is 5.32 Å². The smallest absolute Gasteiger partial charge is 0.247 e. The Morgan fingerprint density at radius 1 is 1.22 bits per heavy atom. The first-order valence-corrected chi connectivity index (χ1v) is 12.4. The van der Waals surface area contributed by atoms with Gasteiger partial charge in [0.2, 0.25) is 11.8 Å². The topological polar surface area (TPSA) is 116 Å². The molecule has 2 amide bonds. The van der Waals surface area contributed by atoms with Crippen molar-refractivity contribution in [3.63, 3.8) is 0 Å². The summed E-state index contributed by atoms with van der Waals surface area (Å²) in [6.07, 6.45) is 5.48. The van der Waals surface area contributed by atoms with Crippen LogP contribution in [0.5, 0.6) is 0 Å². The third-order valence-corrected chi connectivity index (χ3v) is 9.40. The molecular formula is C23H29FN3O4S-. The van der Waals surface area contributed by atoms with E-state index >= 15 is 0 Å². The average Bonchev–Trinajstić information content (AvgIpc) is 2.68. The van der Waals surface area contributed by atoms with Gasteiger partial charge in [0.05, 0.1) is 5.69 Å². The molecule has 5 saturated carbocycles. The lowest BCUT2D eigenvalue weighted by Crippen LogP contribution is -2.68. The van der Waals surface area contributed by atoms with Crippen LogP contribution in [0.25, 0.3) is 0 Å². The van der Waals surface area contributed by atoms with E-state index in [1.54, 1.807) is 13.0 Å². The molecule has 9 heteroatoms. The van der Waals surface area contributed by atoms with E-state index in [4.69, 9.17) is 5.73 Å². The van der Waals surface area contributed by atoms with Gasteiger partial charge in [-0.25, -0.2) is 4.39 Å². The Balaban J connectivity index is 1.42. The molecule has 174 valence electrons. The SMILES string of the molecule is Cc1ccc(F)c(N(S(=O)[O-])C2(C(=O)NC3C4CC5CC3CC(C(N)=O)(C5)C4)CCC2)c1. The van der Waals surface area contributed by atoms with Crippen LogP contribution in [0.1, 0.15) is 56.9 Å². The normalized spacial score (nSPS) is 35.1. The number of rotatable bonds is 6. The van der Waals surface area contributed by atoms with Gasteiger partial charge in [-0.15, -0.1) is 0 Å². The first kappa shape index (κ1) is 21.8. The first-order chi connectivity index (χ1) is 15.1. The number of hydrogen-bond acceptors (Lipinski definition) is 4. The van der Waals surface area contributed by atoms with Crippen LogP contribution in [-0.4, -0.2) is 32.2 Å². The number of hydrogen-bond donors (Lipinski definition) is 2. The zero-order chi connectivity index (χ0) is 22.8.